The van der Waals surface area contributed by atoms with E-state index in [0.29, 0.717) is 16.6 Å². The van der Waals surface area contributed by atoms with Crippen LogP contribution < -0.4 is 5.73 Å². The fourth-order valence-corrected chi connectivity index (χ4v) is 1.81. The van der Waals surface area contributed by atoms with Crippen molar-refractivity contribution in [3.63, 3.8) is 0 Å². The molecule has 76 valence electrons. The van der Waals surface area contributed by atoms with E-state index in [1.807, 2.05) is 19.1 Å². The maximum atomic E-state index is 11.0. The van der Waals surface area contributed by atoms with E-state index in [0.717, 1.165) is 10.9 Å². The number of nitrogens with two attached hydrogens (primary N) is 1. The Hall–Kier alpha value is -2.03. The van der Waals surface area contributed by atoms with Crippen LogP contribution in [-0.2, 0) is 0 Å². The Kier molecular flexibility index (Phi) is 2.08. The molecule has 0 fully saturated rings. The van der Waals surface area contributed by atoms with E-state index >= 15 is 0 Å². The summed E-state index contributed by atoms with van der Waals surface area (Å²) in [5.41, 5.74) is 7.74. The molecule has 2 aromatic carbocycles. The number of benzene rings is 2. The van der Waals surface area contributed by atoms with E-state index < -0.39 is 5.97 Å². The Labute approximate surface area is 87.1 Å². The third kappa shape index (κ3) is 1.42. The third-order valence-electron chi connectivity index (χ3n) is 2.51. The van der Waals surface area contributed by atoms with Crippen LogP contribution in [0.1, 0.15) is 15.9 Å². The molecule has 0 aliphatic carbocycles. The van der Waals surface area contributed by atoms with Gasteiger partial charge in [0.1, 0.15) is 0 Å². The summed E-state index contributed by atoms with van der Waals surface area (Å²) < 4.78 is 0. The van der Waals surface area contributed by atoms with Crippen LogP contribution in [0.2, 0.25) is 0 Å². The maximum Gasteiger partial charge on any atom is 0.336 e. The molecule has 0 aliphatic heterocycles. The monoisotopic (exact) mass is 201 g/mol. The minimum absolute atomic E-state index is 0.294. The van der Waals surface area contributed by atoms with Crippen LogP contribution in [0.15, 0.2) is 30.3 Å². The summed E-state index contributed by atoms with van der Waals surface area (Å²) in [5.74, 6) is -0.925. The number of carboxylic acid groups (broad SMARTS) is 1. The lowest BCUT2D eigenvalue weighted by Gasteiger charge is -2.07. The number of carboxylic acids is 1. The highest BCUT2D eigenvalue weighted by molar-refractivity contribution is 6.08. The van der Waals surface area contributed by atoms with Crippen molar-refractivity contribution in [2.24, 2.45) is 0 Å². The molecular formula is C12H11NO2. The van der Waals surface area contributed by atoms with Crippen LogP contribution in [0.5, 0.6) is 0 Å². The molecule has 0 bridgehead atoms. The van der Waals surface area contributed by atoms with Crippen LogP contribution in [0.25, 0.3) is 10.8 Å². The predicted octanol–water partition coefficient (Wildman–Crippen LogP) is 2.43. The molecule has 0 aromatic heterocycles. The second-order valence-electron chi connectivity index (χ2n) is 3.50. The van der Waals surface area contributed by atoms with E-state index in [9.17, 15) is 4.79 Å². The van der Waals surface area contributed by atoms with E-state index in [1.54, 1.807) is 18.2 Å². The summed E-state index contributed by atoms with van der Waals surface area (Å²) in [7, 11) is 0. The van der Waals surface area contributed by atoms with Crippen LogP contribution >= 0.6 is 0 Å². The first kappa shape index (κ1) is 9.52. The Bertz CT molecular complexity index is 538. The van der Waals surface area contributed by atoms with Gasteiger partial charge in [0.2, 0.25) is 0 Å². The SMILES string of the molecule is Cc1cccc2c(C(=O)O)ccc(N)c12. The fraction of sp³-hybridized carbons (Fsp3) is 0.0833. The lowest BCUT2D eigenvalue weighted by molar-refractivity contribution is 0.0699. The lowest BCUT2D eigenvalue weighted by Crippen LogP contribution is -2.00. The van der Waals surface area contributed by atoms with Gasteiger partial charge in [-0.25, -0.2) is 4.79 Å². The molecule has 0 aliphatic rings. The summed E-state index contributed by atoms with van der Waals surface area (Å²) in [6.45, 7) is 1.92. The molecule has 0 saturated carbocycles. The first-order chi connectivity index (χ1) is 7.11. The number of rotatable bonds is 1. The van der Waals surface area contributed by atoms with Gasteiger partial charge in [0, 0.05) is 11.1 Å². The average molecular weight is 201 g/mol. The first-order valence-electron chi connectivity index (χ1n) is 4.62. The molecule has 3 heteroatoms. The molecule has 0 saturated heterocycles. The summed E-state index contributed by atoms with van der Waals surface area (Å²) >= 11 is 0. The van der Waals surface area contributed by atoms with Crippen LogP contribution in [0, 0.1) is 6.92 Å². The van der Waals surface area contributed by atoms with Gasteiger partial charge < -0.3 is 10.8 Å². The number of hydrogen-bond acceptors (Lipinski definition) is 2. The van der Waals surface area contributed by atoms with Gasteiger partial charge in [-0.05, 0) is 30.0 Å². The van der Waals surface area contributed by atoms with Crippen molar-refractivity contribution in [2.75, 3.05) is 5.73 Å². The zero-order chi connectivity index (χ0) is 11.0. The number of aromatic carboxylic acids is 1. The van der Waals surface area contributed by atoms with Gasteiger partial charge in [-0.1, -0.05) is 18.2 Å². The Morgan fingerprint density at radius 3 is 2.67 bits per heavy atom. The highest BCUT2D eigenvalue weighted by Gasteiger charge is 2.10. The standard InChI is InChI=1S/C12H11NO2/c1-7-3-2-4-8-9(12(14)15)5-6-10(13)11(7)8/h2-6H,13H2,1H3,(H,14,15). The molecule has 2 aromatic rings. The van der Waals surface area contributed by atoms with Crippen LogP contribution in [-0.4, -0.2) is 11.1 Å². The molecular weight excluding hydrogens is 190 g/mol. The van der Waals surface area contributed by atoms with Crippen molar-refractivity contribution in [3.8, 4) is 0 Å². The third-order valence-corrected chi connectivity index (χ3v) is 2.51. The normalized spacial score (nSPS) is 10.5. The topological polar surface area (TPSA) is 63.3 Å². The largest absolute Gasteiger partial charge is 0.478 e. The molecule has 15 heavy (non-hydrogen) atoms. The van der Waals surface area contributed by atoms with Gasteiger partial charge in [-0.15, -0.1) is 0 Å². The van der Waals surface area contributed by atoms with Gasteiger partial charge >= 0.3 is 5.97 Å². The van der Waals surface area contributed by atoms with E-state index in [2.05, 4.69) is 0 Å². The number of carbonyl (C=O) groups is 1. The lowest BCUT2D eigenvalue weighted by atomic mass is 9.99. The maximum absolute atomic E-state index is 11.0. The Balaban J connectivity index is 2.95. The van der Waals surface area contributed by atoms with Crippen molar-refractivity contribution < 1.29 is 9.90 Å². The molecule has 3 nitrogen and oxygen atoms in total. The number of anilines is 1. The first-order valence-corrected chi connectivity index (χ1v) is 4.62. The highest BCUT2D eigenvalue weighted by atomic mass is 16.4. The summed E-state index contributed by atoms with van der Waals surface area (Å²) in [6.07, 6.45) is 0. The van der Waals surface area contributed by atoms with Gasteiger partial charge in [0.15, 0.2) is 0 Å². The zero-order valence-electron chi connectivity index (χ0n) is 8.32. The fourth-order valence-electron chi connectivity index (χ4n) is 1.81. The summed E-state index contributed by atoms with van der Waals surface area (Å²) in [6, 6.07) is 8.72. The molecule has 3 N–H and O–H groups in total. The minimum Gasteiger partial charge on any atom is -0.478 e. The number of hydrogen-bond donors (Lipinski definition) is 2. The summed E-state index contributed by atoms with van der Waals surface area (Å²) in [4.78, 5) is 11.0. The smallest absolute Gasteiger partial charge is 0.336 e. The van der Waals surface area contributed by atoms with Crippen molar-refractivity contribution in [1.82, 2.24) is 0 Å². The van der Waals surface area contributed by atoms with Crippen LogP contribution in [0.3, 0.4) is 0 Å². The Morgan fingerprint density at radius 2 is 2.00 bits per heavy atom. The zero-order valence-corrected chi connectivity index (χ0v) is 8.32. The van der Waals surface area contributed by atoms with E-state index in [4.69, 9.17) is 10.8 Å². The molecule has 0 unspecified atom stereocenters. The number of nitrogen functional groups attached to an aromatic ring is 1. The second-order valence-corrected chi connectivity index (χ2v) is 3.50. The van der Waals surface area contributed by atoms with E-state index in [-0.39, 0.29) is 0 Å². The predicted molar refractivity (Wildman–Crippen MR) is 60.1 cm³/mol. The quantitative estimate of drug-likeness (QED) is 0.696. The van der Waals surface area contributed by atoms with Gasteiger partial charge in [-0.3, -0.25) is 0 Å². The van der Waals surface area contributed by atoms with E-state index in [1.165, 1.54) is 0 Å². The van der Waals surface area contributed by atoms with Crippen molar-refractivity contribution in [1.29, 1.82) is 0 Å². The van der Waals surface area contributed by atoms with Gasteiger partial charge in [-0.2, -0.15) is 0 Å². The molecule has 0 atom stereocenters. The number of aryl methyl sites for hydroxylation is 1. The molecule has 0 heterocycles. The van der Waals surface area contributed by atoms with Gasteiger partial charge in [0.25, 0.3) is 0 Å². The molecule has 2 rings (SSSR count). The average Bonchev–Trinajstić information content (AvgIpc) is 2.17. The molecule has 0 radical (unpaired) electrons. The molecule has 0 amide bonds. The second kappa shape index (κ2) is 3.28. The molecule has 0 spiro atoms. The number of fused-ring (bicyclic) bond motifs is 1. The van der Waals surface area contributed by atoms with Gasteiger partial charge in [0.05, 0.1) is 5.56 Å². The Morgan fingerprint density at radius 1 is 1.27 bits per heavy atom. The van der Waals surface area contributed by atoms with Crippen molar-refractivity contribution in [3.05, 3.63) is 41.5 Å². The summed E-state index contributed by atoms with van der Waals surface area (Å²) in [5, 5.41) is 10.6. The van der Waals surface area contributed by atoms with Crippen LogP contribution in [0.4, 0.5) is 5.69 Å². The van der Waals surface area contributed by atoms with Crippen molar-refractivity contribution in [2.45, 2.75) is 6.92 Å². The van der Waals surface area contributed by atoms with Crippen molar-refractivity contribution >= 4 is 22.4 Å². The minimum atomic E-state index is -0.925. The highest BCUT2D eigenvalue weighted by Crippen LogP contribution is 2.27.